The van der Waals surface area contributed by atoms with Crippen molar-refractivity contribution in [2.24, 2.45) is 22.4 Å². The zero-order valence-electron chi connectivity index (χ0n) is 10.1. The molecule has 5 heteroatoms. The fourth-order valence-corrected chi connectivity index (χ4v) is 1.17. The fraction of sp³-hybridized carbons (Fsp3) is 0.455. The number of nitrogens with two attached hydrogens (primary N) is 2. The van der Waals surface area contributed by atoms with Gasteiger partial charge in [0.1, 0.15) is 5.70 Å². The molecule has 4 N–H and O–H groups in total. The van der Waals surface area contributed by atoms with Gasteiger partial charge in [-0.3, -0.25) is 4.79 Å². The Hall–Kier alpha value is -1.78. The van der Waals surface area contributed by atoms with Crippen LogP contribution in [0.2, 0.25) is 0 Å². The van der Waals surface area contributed by atoms with E-state index >= 15 is 0 Å². The lowest BCUT2D eigenvalue weighted by molar-refractivity contribution is -0.114. The predicted molar refractivity (Wildman–Crippen MR) is 66.3 cm³/mol. The second kappa shape index (κ2) is 6.66. The van der Waals surface area contributed by atoms with Crippen molar-refractivity contribution in [3.63, 3.8) is 0 Å². The van der Waals surface area contributed by atoms with Crippen molar-refractivity contribution >= 4 is 12.1 Å². The topological polar surface area (TPSA) is 84.7 Å². The van der Waals surface area contributed by atoms with Gasteiger partial charge >= 0.3 is 0 Å². The molecule has 0 heterocycles. The summed E-state index contributed by atoms with van der Waals surface area (Å²) < 4.78 is 0. The van der Waals surface area contributed by atoms with Gasteiger partial charge in [0.25, 0.3) is 5.91 Å². The van der Waals surface area contributed by atoms with E-state index in [1.807, 2.05) is 13.8 Å². The first-order valence-corrected chi connectivity index (χ1v) is 5.11. The number of hydrogen-bond acceptors (Lipinski definition) is 4. The quantitative estimate of drug-likeness (QED) is 0.516. The van der Waals surface area contributed by atoms with Crippen LogP contribution in [0, 0.1) is 5.92 Å². The zero-order chi connectivity index (χ0) is 12.7. The van der Waals surface area contributed by atoms with Gasteiger partial charge in [0.15, 0.2) is 5.82 Å². The number of amides is 1. The normalized spacial score (nSPS) is 12.8. The summed E-state index contributed by atoms with van der Waals surface area (Å²) in [5.74, 6) is 0.0515. The first kappa shape index (κ1) is 14.2. The Bertz CT molecular complexity index is 318. The van der Waals surface area contributed by atoms with E-state index in [4.69, 9.17) is 11.5 Å². The zero-order valence-corrected chi connectivity index (χ0v) is 10.1. The molecule has 0 fully saturated rings. The summed E-state index contributed by atoms with van der Waals surface area (Å²) >= 11 is 0. The Morgan fingerprint density at radius 3 is 2.38 bits per heavy atom. The summed E-state index contributed by atoms with van der Waals surface area (Å²) in [5, 5.41) is 0. The highest BCUT2D eigenvalue weighted by molar-refractivity contribution is 5.91. The van der Waals surface area contributed by atoms with Gasteiger partial charge in [-0.1, -0.05) is 20.4 Å². The molecule has 1 amide bonds. The molecule has 0 aromatic rings. The monoisotopic (exact) mass is 224 g/mol. The number of aliphatic imine (C=N–C) groups is 1. The van der Waals surface area contributed by atoms with Crippen LogP contribution in [0.25, 0.3) is 0 Å². The first-order chi connectivity index (χ1) is 7.43. The minimum atomic E-state index is -0.684. The van der Waals surface area contributed by atoms with Crippen LogP contribution < -0.4 is 11.5 Å². The third kappa shape index (κ3) is 4.16. The smallest absolute Gasteiger partial charge is 0.268 e. The van der Waals surface area contributed by atoms with Crippen LogP contribution in [-0.2, 0) is 4.79 Å². The van der Waals surface area contributed by atoms with Crippen LogP contribution in [0.1, 0.15) is 20.8 Å². The Morgan fingerprint density at radius 2 is 2.06 bits per heavy atom. The second-order valence-corrected chi connectivity index (χ2v) is 3.72. The van der Waals surface area contributed by atoms with Crippen molar-refractivity contribution in [2.75, 3.05) is 6.54 Å². The second-order valence-electron chi connectivity index (χ2n) is 3.72. The van der Waals surface area contributed by atoms with Gasteiger partial charge in [-0.15, -0.1) is 0 Å². The Labute approximate surface area is 96.5 Å². The van der Waals surface area contributed by atoms with Gasteiger partial charge in [0.05, 0.1) is 0 Å². The summed E-state index contributed by atoms with van der Waals surface area (Å²) in [6, 6.07) is 0. The van der Waals surface area contributed by atoms with E-state index in [1.54, 1.807) is 24.2 Å². The molecule has 0 aliphatic heterocycles. The molecule has 0 aromatic heterocycles. The fourth-order valence-electron chi connectivity index (χ4n) is 1.17. The van der Waals surface area contributed by atoms with E-state index < -0.39 is 5.91 Å². The first-order valence-electron chi connectivity index (χ1n) is 5.11. The summed E-state index contributed by atoms with van der Waals surface area (Å²) in [6.07, 6.45) is 3.14. The van der Waals surface area contributed by atoms with Gasteiger partial charge in [0.2, 0.25) is 0 Å². The molecule has 0 bridgehead atoms. The summed E-state index contributed by atoms with van der Waals surface area (Å²) in [6.45, 7) is 10.2. The molecule has 16 heavy (non-hydrogen) atoms. The average molecular weight is 224 g/mol. The van der Waals surface area contributed by atoms with Crippen molar-refractivity contribution in [1.82, 2.24) is 4.90 Å². The van der Waals surface area contributed by atoms with E-state index in [0.29, 0.717) is 18.3 Å². The van der Waals surface area contributed by atoms with E-state index in [0.717, 1.165) is 0 Å². The standard InChI is InChI=1S/C11H20N4O/c1-5-14-11(9(12)10(13)16)15(6-2)7-8(3)4/h5-6,8H,2,7,12H2,1,3-4H3,(H2,13,16)/b11-9-,14-5-. The maximum absolute atomic E-state index is 11.0. The molecule has 0 radical (unpaired) electrons. The minimum Gasteiger partial charge on any atom is -0.391 e. The lowest BCUT2D eigenvalue weighted by atomic mass is 10.2. The van der Waals surface area contributed by atoms with Gasteiger partial charge < -0.3 is 16.4 Å². The van der Waals surface area contributed by atoms with E-state index in [-0.39, 0.29) is 5.70 Å². The highest BCUT2D eigenvalue weighted by Gasteiger charge is 2.14. The highest BCUT2D eigenvalue weighted by Crippen LogP contribution is 2.12. The Balaban J connectivity index is 5.24. The maximum atomic E-state index is 11.0. The van der Waals surface area contributed by atoms with E-state index in [2.05, 4.69) is 11.6 Å². The Kier molecular flexibility index (Phi) is 5.92. The van der Waals surface area contributed by atoms with Gasteiger partial charge in [-0.25, -0.2) is 4.99 Å². The number of primary amides is 1. The molecule has 0 spiro atoms. The molecule has 0 saturated carbocycles. The molecule has 0 atom stereocenters. The molecule has 0 aliphatic carbocycles. The van der Waals surface area contributed by atoms with Crippen molar-refractivity contribution < 1.29 is 4.79 Å². The number of hydrogen-bond donors (Lipinski definition) is 2. The van der Waals surface area contributed by atoms with Crippen LogP contribution in [-0.4, -0.2) is 23.6 Å². The molecule has 90 valence electrons. The summed E-state index contributed by atoms with van der Waals surface area (Å²) in [7, 11) is 0. The lowest BCUT2D eigenvalue weighted by Gasteiger charge is -2.23. The molecule has 5 nitrogen and oxygen atoms in total. The van der Waals surface area contributed by atoms with Crippen molar-refractivity contribution in [2.45, 2.75) is 20.8 Å². The Morgan fingerprint density at radius 1 is 1.50 bits per heavy atom. The van der Waals surface area contributed by atoms with Crippen LogP contribution >= 0.6 is 0 Å². The largest absolute Gasteiger partial charge is 0.391 e. The molecular weight excluding hydrogens is 204 g/mol. The summed E-state index contributed by atoms with van der Waals surface area (Å²) in [5.41, 5.74) is 10.7. The van der Waals surface area contributed by atoms with Crippen LogP contribution in [0.3, 0.4) is 0 Å². The third-order valence-electron chi connectivity index (χ3n) is 1.81. The van der Waals surface area contributed by atoms with Gasteiger partial charge in [-0.2, -0.15) is 0 Å². The number of nitrogens with zero attached hydrogens (tertiary/aromatic N) is 2. The van der Waals surface area contributed by atoms with E-state index in [1.165, 1.54) is 0 Å². The number of carbonyl (C=O) groups is 1. The molecule has 0 unspecified atom stereocenters. The minimum absolute atomic E-state index is 0.0568. The molecular formula is C11H20N4O. The van der Waals surface area contributed by atoms with Crippen LogP contribution in [0.5, 0.6) is 0 Å². The van der Waals surface area contributed by atoms with Gasteiger partial charge in [-0.05, 0) is 19.0 Å². The summed E-state index contributed by atoms with van der Waals surface area (Å²) in [4.78, 5) is 16.8. The molecule has 0 rings (SSSR count). The number of rotatable bonds is 6. The van der Waals surface area contributed by atoms with Crippen molar-refractivity contribution in [3.05, 3.63) is 24.3 Å². The SMILES string of the molecule is C=CN(CC(C)C)C(/N=C\C)=C(\N)C(N)=O. The van der Waals surface area contributed by atoms with Crippen molar-refractivity contribution in [3.8, 4) is 0 Å². The molecule has 0 aromatic carbocycles. The third-order valence-corrected chi connectivity index (χ3v) is 1.81. The van der Waals surface area contributed by atoms with Gasteiger partial charge in [0, 0.05) is 12.8 Å². The average Bonchev–Trinajstić information content (AvgIpc) is 2.21. The number of carbonyl (C=O) groups excluding carboxylic acids is 1. The predicted octanol–water partition coefficient (Wildman–Crippen LogP) is 0.792. The van der Waals surface area contributed by atoms with Crippen molar-refractivity contribution in [1.29, 1.82) is 0 Å². The highest BCUT2D eigenvalue weighted by atomic mass is 16.1. The molecule has 0 saturated heterocycles. The lowest BCUT2D eigenvalue weighted by Crippen LogP contribution is -2.29. The maximum Gasteiger partial charge on any atom is 0.268 e. The van der Waals surface area contributed by atoms with Crippen LogP contribution in [0.15, 0.2) is 29.3 Å². The molecule has 0 aliphatic rings. The van der Waals surface area contributed by atoms with E-state index in [9.17, 15) is 4.79 Å². The van der Waals surface area contributed by atoms with Crippen LogP contribution in [0.4, 0.5) is 0 Å².